The van der Waals surface area contributed by atoms with Gasteiger partial charge in [-0.3, -0.25) is 9.59 Å². The molecule has 0 heterocycles. The van der Waals surface area contributed by atoms with Crippen molar-refractivity contribution in [3.05, 3.63) is 29.3 Å². The van der Waals surface area contributed by atoms with E-state index < -0.39 is 0 Å². The first-order chi connectivity index (χ1) is 10.9. The lowest BCUT2D eigenvalue weighted by Crippen LogP contribution is -2.36. The van der Waals surface area contributed by atoms with E-state index in [0.717, 1.165) is 11.1 Å². The zero-order chi connectivity index (χ0) is 17.2. The zero-order valence-electron chi connectivity index (χ0n) is 13.9. The van der Waals surface area contributed by atoms with Crippen molar-refractivity contribution in [1.82, 2.24) is 10.6 Å². The fourth-order valence-corrected chi connectivity index (χ4v) is 1.94. The molecule has 1 aromatic rings. The predicted octanol–water partition coefficient (Wildman–Crippen LogP) is 1.28. The number of rotatable bonds is 9. The van der Waals surface area contributed by atoms with E-state index in [1.165, 1.54) is 6.92 Å². The molecule has 0 spiro atoms. The van der Waals surface area contributed by atoms with E-state index in [4.69, 9.17) is 4.74 Å². The molecular weight excluding hydrogens is 296 g/mol. The topological polar surface area (TPSA) is 84.5 Å². The molecule has 23 heavy (non-hydrogen) atoms. The number of ketones is 1. The molecule has 1 aromatic carbocycles. The van der Waals surface area contributed by atoms with Crippen LogP contribution in [0.15, 0.2) is 18.2 Å². The molecule has 1 rings (SSSR count). The number of hydrogen-bond donors (Lipinski definition) is 2. The van der Waals surface area contributed by atoms with Gasteiger partial charge in [0, 0.05) is 25.9 Å². The van der Waals surface area contributed by atoms with Gasteiger partial charge in [0.15, 0.2) is 6.61 Å². The van der Waals surface area contributed by atoms with Crippen molar-refractivity contribution in [2.75, 3.05) is 19.7 Å². The van der Waals surface area contributed by atoms with E-state index in [-0.39, 0.29) is 37.0 Å². The van der Waals surface area contributed by atoms with E-state index >= 15 is 0 Å². The van der Waals surface area contributed by atoms with Crippen molar-refractivity contribution in [2.45, 2.75) is 33.6 Å². The number of amides is 2. The van der Waals surface area contributed by atoms with E-state index in [0.29, 0.717) is 18.8 Å². The number of hydrogen-bond acceptors (Lipinski definition) is 4. The highest BCUT2D eigenvalue weighted by Crippen LogP contribution is 2.18. The number of nitrogens with one attached hydrogen (secondary N) is 2. The van der Waals surface area contributed by atoms with Crippen LogP contribution in [0.2, 0.25) is 0 Å². The lowest BCUT2D eigenvalue weighted by atomic mass is 10.1. The summed E-state index contributed by atoms with van der Waals surface area (Å²) in [5, 5.41) is 5.29. The minimum Gasteiger partial charge on any atom is -0.484 e. The highest BCUT2D eigenvalue weighted by Gasteiger charge is 2.06. The van der Waals surface area contributed by atoms with Crippen LogP contribution in [-0.4, -0.2) is 37.3 Å². The van der Waals surface area contributed by atoms with Gasteiger partial charge >= 0.3 is 0 Å². The second kappa shape index (κ2) is 9.61. The van der Waals surface area contributed by atoms with Gasteiger partial charge in [0.1, 0.15) is 11.5 Å². The van der Waals surface area contributed by atoms with E-state index in [1.54, 1.807) is 0 Å². The summed E-state index contributed by atoms with van der Waals surface area (Å²) in [4.78, 5) is 33.8. The highest BCUT2D eigenvalue weighted by atomic mass is 16.5. The normalized spacial score (nSPS) is 10.0. The van der Waals surface area contributed by atoms with Crippen LogP contribution in [0.5, 0.6) is 5.75 Å². The van der Waals surface area contributed by atoms with Crippen molar-refractivity contribution < 1.29 is 19.1 Å². The predicted molar refractivity (Wildman–Crippen MR) is 87.3 cm³/mol. The molecule has 0 saturated carbocycles. The van der Waals surface area contributed by atoms with Crippen molar-refractivity contribution >= 4 is 17.6 Å². The van der Waals surface area contributed by atoms with Crippen LogP contribution in [0.1, 0.15) is 30.9 Å². The summed E-state index contributed by atoms with van der Waals surface area (Å²) >= 11 is 0. The van der Waals surface area contributed by atoms with Crippen LogP contribution in [0.4, 0.5) is 0 Å². The number of carbonyl (C=O) groups is 3. The Kier molecular flexibility index (Phi) is 7.80. The molecule has 2 amide bonds. The third kappa shape index (κ3) is 7.99. The molecule has 0 unspecified atom stereocenters. The van der Waals surface area contributed by atoms with Gasteiger partial charge in [-0.25, -0.2) is 0 Å². The van der Waals surface area contributed by atoms with Gasteiger partial charge in [-0.2, -0.15) is 0 Å². The lowest BCUT2D eigenvalue weighted by molar-refractivity contribution is -0.125. The fourth-order valence-electron chi connectivity index (χ4n) is 1.94. The molecule has 0 saturated heterocycles. The summed E-state index contributed by atoms with van der Waals surface area (Å²) < 4.78 is 5.46. The summed E-state index contributed by atoms with van der Waals surface area (Å²) in [6.07, 6.45) is 0.418. The Morgan fingerprint density at radius 1 is 1.00 bits per heavy atom. The first-order valence-corrected chi connectivity index (χ1v) is 7.61. The quantitative estimate of drug-likeness (QED) is 0.671. The SMILES string of the molecule is CC(=O)CCC(=O)NCCNC(=O)COc1ccc(C)cc1C. The molecule has 0 aliphatic heterocycles. The third-order valence-corrected chi connectivity index (χ3v) is 3.16. The first kappa shape index (κ1) is 18.7. The second-order valence-corrected chi connectivity index (χ2v) is 5.46. The maximum absolute atomic E-state index is 11.7. The van der Waals surface area contributed by atoms with E-state index in [1.807, 2.05) is 32.0 Å². The Balaban J connectivity index is 2.17. The Morgan fingerprint density at radius 3 is 2.26 bits per heavy atom. The zero-order valence-corrected chi connectivity index (χ0v) is 13.9. The molecule has 0 radical (unpaired) electrons. The molecular formula is C17H24N2O4. The number of aryl methyl sites for hydroxylation is 2. The summed E-state index contributed by atoms with van der Waals surface area (Å²) in [6, 6.07) is 5.76. The number of Topliss-reactive ketones (excluding diaryl/α,β-unsaturated/α-hetero) is 1. The Hall–Kier alpha value is -2.37. The van der Waals surface area contributed by atoms with Crippen LogP contribution in [0, 0.1) is 13.8 Å². The van der Waals surface area contributed by atoms with Gasteiger partial charge in [0.25, 0.3) is 5.91 Å². The molecule has 126 valence electrons. The van der Waals surface area contributed by atoms with Gasteiger partial charge in [-0.05, 0) is 32.4 Å². The van der Waals surface area contributed by atoms with Gasteiger partial charge in [0.05, 0.1) is 0 Å². The highest BCUT2D eigenvalue weighted by molar-refractivity contribution is 5.83. The minimum atomic E-state index is -0.247. The third-order valence-electron chi connectivity index (χ3n) is 3.16. The number of carbonyl (C=O) groups excluding carboxylic acids is 3. The fraction of sp³-hybridized carbons (Fsp3) is 0.471. The van der Waals surface area contributed by atoms with Crippen molar-refractivity contribution in [2.24, 2.45) is 0 Å². The Bertz CT molecular complexity index is 570. The van der Waals surface area contributed by atoms with Gasteiger partial charge < -0.3 is 20.2 Å². The summed E-state index contributed by atoms with van der Waals surface area (Å²) in [5.74, 6) is 0.226. The number of benzene rings is 1. The molecule has 0 atom stereocenters. The van der Waals surface area contributed by atoms with Crippen LogP contribution in [0.3, 0.4) is 0 Å². The average molecular weight is 320 g/mol. The molecule has 6 nitrogen and oxygen atoms in total. The van der Waals surface area contributed by atoms with Gasteiger partial charge in [0.2, 0.25) is 5.91 Å². The summed E-state index contributed by atoms with van der Waals surface area (Å²) in [5.41, 5.74) is 2.12. The van der Waals surface area contributed by atoms with Gasteiger partial charge in [-0.1, -0.05) is 17.7 Å². The summed E-state index contributed by atoms with van der Waals surface area (Å²) in [7, 11) is 0. The Morgan fingerprint density at radius 2 is 1.65 bits per heavy atom. The molecule has 6 heteroatoms. The molecule has 0 aliphatic rings. The van der Waals surface area contributed by atoms with Crippen LogP contribution >= 0.6 is 0 Å². The maximum Gasteiger partial charge on any atom is 0.258 e. The summed E-state index contributed by atoms with van der Waals surface area (Å²) in [6.45, 7) is 5.95. The monoisotopic (exact) mass is 320 g/mol. The Labute approximate surface area is 136 Å². The maximum atomic E-state index is 11.7. The lowest BCUT2D eigenvalue weighted by Gasteiger charge is -2.10. The first-order valence-electron chi connectivity index (χ1n) is 7.61. The van der Waals surface area contributed by atoms with Crippen LogP contribution < -0.4 is 15.4 Å². The van der Waals surface area contributed by atoms with Crippen molar-refractivity contribution in [1.29, 1.82) is 0 Å². The molecule has 2 N–H and O–H groups in total. The number of ether oxygens (including phenoxy) is 1. The average Bonchev–Trinajstić information content (AvgIpc) is 2.48. The van der Waals surface area contributed by atoms with E-state index in [9.17, 15) is 14.4 Å². The van der Waals surface area contributed by atoms with Gasteiger partial charge in [-0.15, -0.1) is 0 Å². The smallest absolute Gasteiger partial charge is 0.258 e. The molecule has 0 aliphatic carbocycles. The second-order valence-electron chi connectivity index (χ2n) is 5.46. The van der Waals surface area contributed by atoms with Crippen LogP contribution in [-0.2, 0) is 14.4 Å². The molecule has 0 fully saturated rings. The van der Waals surface area contributed by atoms with E-state index in [2.05, 4.69) is 10.6 Å². The van der Waals surface area contributed by atoms with Crippen molar-refractivity contribution in [3.8, 4) is 5.75 Å². The minimum absolute atomic E-state index is 0.0167. The molecule has 0 aromatic heterocycles. The van der Waals surface area contributed by atoms with Crippen LogP contribution in [0.25, 0.3) is 0 Å². The largest absolute Gasteiger partial charge is 0.484 e. The molecule has 0 bridgehead atoms. The van der Waals surface area contributed by atoms with Crippen molar-refractivity contribution in [3.63, 3.8) is 0 Å². The standard InChI is InChI=1S/C17H24N2O4/c1-12-4-6-15(13(2)10-12)23-11-17(22)19-9-8-18-16(21)7-5-14(3)20/h4,6,10H,5,7-9,11H2,1-3H3,(H,18,21)(H,19,22).